The number of aromatic nitrogens is 3. The molecule has 0 bridgehead atoms. The predicted octanol–water partition coefficient (Wildman–Crippen LogP) is 12.8. The van der Waals surface area contributed by atoms with Gasteiger partial charge in [-0.25, -0.2) is 9.97 Å². The Balaban J connectivity index is 1.02. The number of fused-ring (bicyclic) bond motifs is 9. The lowest BCUT2D eigenvalue weighted by molar-refractivity contribution is 0.660. The van der Waals surface area contributed by atoms with E-state index in [1.165, 1.54) is 44.1 Å². The molecule has 0 atom stereocenters. The van der Waals surface area contributed by atoms with Crippen LogP contribution in [0.15, 0.2) is 168 Å². The molecule has 4 heteroatoms. The molecule has 250 valence electrons. The van der Waals surface area contributed by atoms with Crippen LogP contribution in [0.25, 0.3) is 94.2 Å². The first-order valence-corrected chi connectivity index (χ1v) is 18.1. The third-order valence-electron chi connectivity index (χ3n) is 11.3. The molecule has 0 unspecified atom stereocenters. The molecule has 4 nitrogen and oxygen atoms in total. The molecule has 0 fully saturated rings. The van der Waals surface area contributed by atoms with Crippen molar-refractivity contribution in [3.05, 3.63) is 175 Å². The number of hydrogen-bond donors (Lipinski definition) is 0. The Bertz CT molecular complexity index is 3050. The van der Waals surface area contributed by atoms with Gasteiger partial charge in [0.15, 0.2) is 5.58 Å². The standard InChI is InChI=1S/C49H33N3O/c1-49(2)41-21-6-3-16-36(41)37-25-24-32(28-42(37)49)35-19-11-20-40-46-48(53-47(35)40)45(50-29-51-46)33-14-9-12-30(26-33)31-13-10-15-34(27-31)52-43-22-7-4-17-38(43)39-18-5-8-23-44(39)52/h3-29H,1-2H3. The summed E-state index contributed by atoms with van der Waals surface area (Å²) in [5, 5.41) is 3.49. The molecular formula is C49H33N3O. The summed E-state index contributed by atoms with van der Waals surface area (Å²) >= 11 is 0. The number of benzene rings is 7. The van der Waals surface area contributed by atoms with E-state index in [0.29, 0.717) is 5.58 Å². The third kappa shape index (κ3) is 4.36. The Morgan fingerprint density at radius 3 is 1.94 bits per heavy atom. The normalized spacial score (nSPS) is 13.2. The lowest BCUT2D eigenvalue weighted by Crippen LogP contribution is -2.14. The summed E-state index contributed by atoms with van der Waals surface area (Å²) in [4.78, 5) is 9.58. The molecule has 0 saturated heterocycles. The first kappa shape index (κ1) is 29.9. The molecule has 0 N–H and O–H groups in total. The van der Waals surface area contributed by atoms with Gasteiger partial charge in [0.2, 0.25) is 0 Å². The van der Waals surface area contributed by atoms with Crippen LogP contribution in [-0.2, 0) is 5.41 Å². The van der Waals surface area contributed by atoms with Crippen LogP contribution in [0.1, 0.15) is 25.0 Å². The van der Waals surface area contributed by atoms with E-state index >= 15 is 0 Å². The largest absolute Gasteiger partial charge is 0.451 e. The Kier molecular flexibility index (Phi) is 6.27. The van der Waals surface area contributed by atoms with Gasteiger partial charge in [0, 0.05) is 38.4 Å². The Hall–Kier alpha value is -6.78. The summed E-state index contributed by atoms with van der Waals surface area (Å²) in [6.07, 6.45) is 1.66. The summed E-state index contributed by atoms with van der Waals surface area (Å²) in [6, 6.07) is 56.6. The van der Waals surface area contributed by atoms with E-state index in [-0.39, 0.29) is 5.41 Å². The van der Waals surface area contributed by atoms with Crippen molar-refractivity contribution in [1.29, 1.82) is 0 Å². The zero-order valence-electron chi connectivity index (χ0n) is 29.3. The molecule has 3 heterocycles. The lowest BCUT2D eigenvalue weighted by atomic mass is 9.81. The van der Waals surface area contributed by atoms with Gasteiger partial charge in [0.25, 0.3) is 0 Å². The zero-order chi connectivity index (χ0) is 35.3. The fraction of sp³-hybridized carbons (Fsp3) is 0.0612. The molecule has 7 aromatic carbocycles. The van der Waals surface area contributed by atoms with E-state index in [1.54, 1.807) is 6.33 Å². The number of rotatable bonds is 4. The third-order valence-corrected chi connectivity index (χ3v) is 11.3. The van der Waals surface area contributed by atoms with Gasteiger partial charge in [0.05, 0.1) is 11.0 Å². The van der Waals surface area contributed by atoms with Gasteiger partial charge in [-0.15, -0.1) is 0 Å². The second-order valence-electron chi connectivity index (χ2n) is 14.6. The fourth-order valence-corrected chi connectivity index (χ4v) is 8.77. The van der Waals surface area contributed by atoms with Crippen molar-refractivity contribution < 1.29 is 4.42 Å². The van der Waals surface area contributed by atoms with E-state index in [2.05, 4.69) is 176 Å². The van der Waals surface area contributed by atoms with Crippen LogP contribution < -0.4 is 0 Å². The van der Waals surface area contributed by atoms with Crippen LogP contribution in [0.4, 0.5) is 0 Å². The molecule has 0 saturated carbocycles. The highest BCUT2D eigenvalue weighted by Gasteiger charge is 2.35. The van der Waals surface area contributed by atoms with Crippen LogP contribution in [0, 0.1) is 0 Å². The van der Waals surface area contributed by atoms with Crippen molar-refractivity contribution in [3.8, 4) is 50.3 Å². The topological polar surface area (TPSA) is 43.9 Å². The average Bonchev–Trinajstić information content (AvgIpc) is 3.84. The van der Waals surface area contributed by atoms with Gasteiger partial charge < -0.3 is 8.98 Å². The smallest absolute Gasteiger partial charge is 0.180 e. The molecule has 0 aliphatic heterocycles. The first-order chi connectivity index (χ1) is 26.0. The van der Waals surface area contributed by atoms with Crippen LogP contribution in [0.3, 0.4) is 0 Å². The second kappa shape index (κ2) is 11.1. The number of para-hydroxylation sites is 3. The molecule has 1 aliphatic rings. The molecule has 10 aromatic rings. The van der Waals surface area contributed by atoms with Crippen LogP contribution in [-0.4, -0.2) is 14.5 Å². The van der Waals surface area contributed by atoms with Crippen molar-refractivity contribution in [3.63, 3.8) is 0 Å². The van der Waals surface area contributed by atoms with Gasteiger partial charge in [-0.05, 0) is 81.4 Å². The fourth-order valence-electron chi connectivity index (χ4n) is 8.77. The Morgan fingerprint density at radius 2 is 1.11 bits per heavy atom. The minimum absolute atomic E-state index is 0.0870. The van der Waals surface area contributed by atoms with Crippen LogP contribution in [0.5, 0.6) is 0 Å². The van der Waals surface area contributed by atoms with E-state index in [4.69, 9.17) is 14.4 Å². The SMILES string of the molecule is CC1(C)c2ccccc2-c2ccc(-c3cccc4c3oc3c(-c5cccc(-c6cccc(-n7c8ccccc8c8ccccc87)c6)c5)ncnc34)cc21. The van der Waals surface area contributed by atoms with E-state index in [0.717, 1.165) is 55.7 Å². The maximum absolute atomic E-state index is 6.82. The minimum atomic E-state index is -0.0870. The molecule has 11 rings (SSSR count). The van der Waals surface area contributed by atoms with Gasteiger partial charge in [-0.2, -0.15) is 0 Å². The predicted molar refractivity (Wildman–Crippen MR) is 218 cm³/mol. The highest BCUT2D eigenvalue weighted by molar-refractivity contribution is 6.11. The minimum Gasteiger partial charge on any atom is -0.451 e. The van der Waals surface area contributed by atoms with Crippen molar-refractivity contribution in [2.24, 2.45) is 0 Å². The number of furan rings is 1. The van der Waals surface area contributed by atoms with E-state index < -0.39 is 0 Å². The van der Waals surface area contributed by atoms with E-state index in [1.807, 2.05) is 0 Å². The summed E-state index contributed by atoms with van der Waals surface area (Å²) in [7, 11) is 0. The van der Waals surface area contributed by atoms with Gasteiger partial charge in [-0.3, -0.25) is 0 Å². The number of hydrogen-bond acceptors (Lipinski definition) is 3. The van der Waals surface area contributed by atoms with Crippen molar-refractivity contribution in [1.82, 2.24) is 14.5 Å². The summed E-state index contributed by atoms with van der Waals surface area (Å²) in [5.41, 5.74) is 17.3. The van der Waals surface area contributed by atoms with Gasteiger partial charge >= 0.3 is 0 Å². The molecule has 0 spiro atoms. The van der Waals surface area contributed by atoms with Gasteiger partial charge in [0.1, 0.15) is 23.1 Å². The van der Waals surface area contributed by atoms with E-state index in [9.17, 15) is 0 Å². The van der Waals surface area contributed by atoms with Gasteiger partial charge in [-0.1, -0.05) is 129 Å². The zero-order valence-corrected chi connectivity index (χ0v) is 29.3. The molecule has 3 aromatic heterocycles. The first-order valence-electron chi connectivity index (χ1n) is 18.1. The quantitative estimate of drug-likeness (QED) is 0.186. The van der Waals surface area contributed by atoms with Crippen molar-refractivity contribution in [2.45, 2.75) is 19.3 Å². The van der Waals surface area contributed by atoms with Crippen LogP contribution in [0.2, 0.25) is 0 Å². The molecule has 53 heavy (non-hydrogen) atoms. The second-order valence-corrected chi connectivity index (χ2v) is 14.6. The maximum atomic E-state index is 6.82. The maximum Gasteiger partial charge on any atom is 0.180 e. The summed E-state index contributed by atoms with van der Waals surface area (Å²) in [5.74, 6) is 0. The summed E-state index contributed by atoms with van der Waals surface area (Å²) < 4.78 is 9.18. The average molecular weight is 680 g/mol. The molecule has 1 aliphatic carbocycles. The Labute approximate surface area is 306 Å². The van der Waals surface area contributed by atoms with Crippen molar-refractivity contribution in [2.75, 3.05) is 0 Å². The highest BCUT2D eigenvalue weighted by atomic mass is 16.3. The lowest BCUT2D eigenvalue weighted by Gasteiger charge is -2.22. The van der Waals surface area contributed by atoms with Crippen molar-refractivity contribution >= 4 is 43.9 Å². The highest BCUT2D eigenvalue weighted by Crippen LogP contribution is 2.50. The monoisotopic (exact) mass is 679 g/mol. The summed E-state index contributed by atoms with van der Waals surface area (Å²) in [6.45, 7) is 4.64. The molecule has 0 amide bonds. The Morgan fingerprint density at radius 1 is 0.472 bits per heavy atom. The molecular weight excluding hydrogens is 647 g/mol. The number of nitrogens with zero attached hydrogens (tertiary/aromatic N) is 3. The van der Waals surface area contributed by atoms with Crippen LogP contribution >= 0.6 is 0 Å². The molecule has 0 radical (unpaired) electrons.